The van der Waals surface area contributed by atoms with Crippen molar-refractivity contribution in [2.75, 3.05) is 12.0 Å². The number of sulfonamides is 1. The summed E-state index contributed by atoms with van der Waals surface area (Å²) in [6.45, 7) is 1.86. The Morgan fingerprint density at radius 1 is 1.45 bits per heavy atom. The molecule has 6 nitrogen and oxygen atoms in total. The number of thioether (sulfide) groups is 1. The third-order valence-electron chi connectivity index (χ3n) is 2.69. The molecule has 1 atom stereocenters. The van der Waals surface area contributed by atoms with E-state index in [-0.39, 0.29) is 10.9 Å². The number of benzene rings is 1. The Labute approximate surface area is 122 Å². The van der Waals surface area contributed by atoms with Crippen LogP contribution in [0.15, 0.2) is 23.1 Å². The third-order valence-corrected chi connectivity index (χ3v) is 4.95. The van der Waals surface area contributed by atoms with Gasteiger partial charge in [0, 0.05) is 11.8 Å². The molecule has 0 amide bonds. The lowest BCUT2D eigenvalue weighted by molar-refractivity contribution is 0.0693. The zero-order valence-electron chi connectivity index (χ0n) is 11.2. The van der Waals surface area contributed by atoms with E-state index in [9.17, 15) is 18.3 Å². The van der Waals surface area contributed by atoms with Crippen molar-refractivity contribution in [1.82, 2.24) is 4.72 Å². The van der Waals surface area contributed by atoms with Crippen molar-refractivity contribution >= 4 is 27.8 Å². The van der Waals surface area contributed by atoms with Crippen molar-refractivity contribution in [2.45, 2.75) is 24.3 Å². The molecule has 0 aliphatic carbocycles. The number of carbonyl (C=O) groups is 1. The van der Waals surface area contributed by atoms with E-state index in [1.54, 1.807) is 0 Å². The highest BCUT2D eigenvalue weighted by atomic mass is 32.2. The molecule has 0 spiro atoms. The monoisotopic (exact) mass is 319 g/mol. The van der Waals surface area contributed by atoms with Crippen LogP contribution in [0.25, 0.3) is 0 Å². The minimum atomic E-state index is -3.80. The minimum Gasteiger partial charge on any atom is -0.507 e. The van der Waals surface area contributed by atoms with Gasteiger partial charge >= 0.3 is 5.97 Å². The molecule has 0 heterocycles. The number of rotatable bonds is 7. The molecule has 112 valence electrons. The van der Waals surface area contributed by atoms with E-state index in [1.807, 2.05) is 13.2 Å². The third kappa shape index (κ3) is 4.12. The van der Waals surface area contributed by atoms with Gasteiger partial charge in [0.1, 0.15) is 11.3 Å². The zero-order valence-corrected chi connectivity index (χ0v) is 12.8. The van der Waals surface area contributed by atoms with Gasteiger partial charge in [-0.25, -0.2) is 17.9 Å². The predicted octanol–water partition coefficient (Wildman–Crippen LogP) is 1.51. The van der Waals surface area contributed by atoms with E-state index >= 15 is 0 Å². The second-order valence-electron chi connectivity index (χ2n) is 4.17. The van der Waals surface area contributed by atoms with Gasteiger partial charge in [-0.2, -0.15) is 11.8 Å². The number of nitrogens with one attached hydrogen (secondary N) is 1. The number of carboxylic acids is 1. The lowest BCUT2D eigenvalue weighted by atomic mass is 10.2. The average molecular weight is 319 g/mol. The first-order chi connectivity index (χ1) is 9.31. The molecule has 3 N–H and O–H groups in total. The number of aromatic carboxylic acids is 1. The number of hydrogen-bond acceptors (Lipinski definition) is 5. The molecule has 0 aromatic heterocycles. The topological polar surface area (TPSA) is 104 Å². The summed E-state index contributed by atoms with van der Waals surface area (Å²) < 4.78 is 26.9. The van der Waals surface area contributed by atoms with Crippen LogP contribution in [0.4, 0.5) is 0 Å². The Kier molecular flexibility index (Phi) is 5.85. The fraction of sp³-hybridized carbons (Fsp3) is 0.417. The molecule has 0 saturated heterocycles. The molecular formula is C12H17NO5S2. The van der Waals surface area contributed by atoms with Gasteiger partial charge in [-0.05, 0) is 30.9 Å². The minimum absolute atomic E-state index is 0.174. The van der Waals surface area contributed by atoms with Crippen molar-refractivity contribution < 1.29 is 23.4 Å². The van der Waals surface area contributed by atoms with E-state index in [1.165, 1.54) is 17.8 Å². The first-order valence-corrected chi connectivity index (χ1v) is 8.77. The summed E-state index contributed by atoms with van der Waals surface area (Å²) in [5.74, 6) is -1.22. The molecule has 0 bridgehead atoms. The molecule has 20 heavy (non-hydrogen) atoms. The van der Waals surface area contributed by atoms with Crippen LogP contribution < -0.4 is 4.72 Å². The van der Waals surface area contributed by atoms with E-state index in [4.69, 9.17) is 5.11 Å². The lowest BCUT2D eigenvalue weighted by Gasteiger charge is -2.16. The highest BCUT2D eigenvalue weighted by Gasteiger charge is 2.21. The van der Waals surface area contributed by atoms with Crippen LogP contribution in [-0.2, 0) is 10.0 Å². The van der Waals surface area contributed by atoms with Crippen LogP contribution in [0.3, 0.4) is 0 Å². The summed E-state index contributed by atoms with van der Waals surface area (Å²) in [6, 6.07) is 2.96. The Morgan fingerprint density at radius 3 is 2.60 bits per heavy atom. The van der Waals surface area contributed by atoms with Gasteiger partial charge in [0.25, 0.3) is 0 Å². The molecule has 1 unspecified atom stereocenters. The summed E-state index contributed by atoms with van der Waals surface area (Å²) in [5, 5.41) is 18.3. The maximum Gasteiger partial charge on any atom is 0.339 e. The molecule has 0 aliphatic heterocycles. The fourth-order valence-corrected chi connectivity index (χ4v) is 3.75. The highest BCUT2D eigenvalue weighted by Crippen LogP contribution is 2.21. The molecule has 1 aromatic carbocycles. The summed E-state index contributed by atoms with van der Waals surface area (Å²) >= 11 is 1.52. The molecule has 0 fully saturated rings. The average Bonchev–Trinajstić information content (AvgIpc) is 2.37. The Hall–Kier alpha value is -1.25. The van der Waals surface area contributed by atoms with Gasteiger partial charge in [-0.1, -0.05) is 6.92 Å². The van der Waals surface area contributed by atoms with Gasteiger partial charge in [0.2, 0.25) is 10.0 Å². The highest BCUT2D eigenvalue weighted by molar-refractivity contribution is 7.98. The van der Waals surface area contributed by atoms with Gasteiger partial charge in [0.05, 0.1) is 4.90 Å². The summed E-state index contributed by atoms with van der Waals surface area (Å²) in [5.41, 5.74) is -0.439. The van der Waals surface area contributed by atoms with Crippen LogP contribution >= 0.6 is 11.8 Å². The first kappa shape index (κ1) is 16.8. The molecule has 1 aromatic rings. The fourth-order valence-electron chi connectivity index (χ4n) is 1.58. The van der Waals surface area contributed by atoms with Crippen molar-refractivity contribution in [3.63, 3.8) is 0 Å². The molecule has 0 aliphatic rings. The van der Waals surface area contributed by atoms with Gasteiger partial charge < -0.3 is 10.2 Å². The first-order valence-electron chi connectivity index (χ1n) is 5.89. The van der Waals surface area contributed by atoms with Crippen molar-refractivity contribution in [1.29, 1.82) is 0 Å². The SMILES string of the molecule is CCC(CSC)NS(=O)(=O)c1ccc(O)c(C(=O)O)c1. The number of aromatic hydroxyl groups is 1. The standard InChI is InChI=1S/C12H17NO5S2/c1-3-8(7-19-2)13-20(17,18)9-4-5-11(14)10(6-9)12(15)16/h4-6,8,13-14H,3,7H2,1-2H3,(H,15,16). The number of hydrogen-bond donors (Lipinski definition) is 3. The van der Waals surface area contributed by atoms with Crippen LogP contribution in [0.2, 0.25) is 0 Å². The molecule has 0 radical (unpaired) electrons. The van der Waals surface area contributed by atoms with Crippen molar-refractivity contribution in [3.05, 3.63) is 23.8 Å². The molecule has 8 heteroatoms. The van der Waals surface area contributed by atoms with Crippen LogP contribution in [0.1, 0.15) is 23.7 Å². The van der Waals surface area contributed by atoms with E-state index in [0.29, 0.717) is 12.2 Å². The second-order valence-corrected chi connectivity index (χ2v) is 6.79. The summed E-state index contributed by atoms with van der Waals surface area (Å²) in [6.07, 6.45) is 2.50. The molecule has 1 rings (SSSR count). The van der Waals surface area contributed by atoms with E-state index in [0.717, 1.165) is 12.1 Å². The predicted molar refractivity (Wildman–Crippen MR) is 77.8 cm³/mol. The summed E-state index contributed by atoms with van der Waals surface area (Å²) in [7, 11) is -3.80. The smallest absolute Gasteiger partial charge is 0.339 e. The van der Waals surface area contributed by atoms with E-state index in [2.05, 4.69) is 4.72 Å². The molecular weight excluding hydrogens is 302 g/mol. The van der Waals surface area contributed by atoms with E-state index < -0.39 is 27.3 Å². The number of phenols is 1. The number of carboxylic acid groups (broad SMARTS) is 1. The summed E-state index contributed by atoms with van der Waals surface area (Å²) in [4.78, 5) is 10.7. The normalized spacial score (nSPS) is 13.1. The molecule has 0 saturated carbocycles. The lowest BCUT2D eigenvalue weighted by Crippen LogP contribution is -2.36. The maximum atomic E-state index is 12.2. The van der Waals surface area contributed by atoms with Crippen LogP contribution in [0, 0.1) is 0 Å². The second kappa shape index (κ2) is 6.96. The zero-order chi connectivity index (χ0) is 15.3. The maximum absolute atomic E-state index is 12.2. The van der Waals surface area contributed by atoms with Crippen molar-refractivity contribution in [3.8, 4) is 5.75 Å². The van der Waals surface area contributed by atoms with Crippen molar-refractivity contribution in [2.24, 2.45) is 0 Å². The van der Waals surface area contributed by atoms with Crippen LogP contribution in [-0.4, -0.2) is 42.7 Å². The van der Waals surface area contributed by atoms with Crippen LogP contribution in [0.5, 0.6) is 5.75 Å². The van der Waals surface area contributed by atoms with Gasteiger partial charge in [-0.3, -0.25) is 0 Å². The quantitative estimate of drug-likeness (QED) is 0.704. The largest absolute Gasteiger partial charge is 0.507 e. The Bertz CT molecular complexity index is 586. The van der Waals surface area contributed by atoms with Gasteiger partial charge in [0.15, 0.2) is 0 Å². The van der Waals surface area contributed by atoms with Gasteiger partial charge in [-0.15, -0.1) is 0 Å². The Balaban J connectivity index is 3.09. The Morgan fingerprint density at radius 2 is 2.10 bits per heavy atom.